The maximum Gasteiger partial charge on any atom is 0.322 e. The summed E-state index contributed by atoms with van der Waals surface area (Å²) in [5.74, 6) is 1.70. The van der Waals surface area contributed by atoms with Gasteiger partial charge in [0.2, 0.25) is 0 Å². The predicted octanol–water partition coefficient (Wildman–Crippen LogP) is 4.38. The van der Waals surface area contributed by atoms with Crippen molar-refractivity contribution < 1.29 is 4.79 Å². The summed E-state index contributed by atoms with van der Waals surface area (Å²) in [6, 6.07) is 7.82. The Morgan fingerprint density at radius 1 is 1.23 bits per heavy atom. The lowest BCUT2D eigenvalue weighted by atomic mass is 10.0. The van der Waals surface area contributed by atoms with Crippen LogP contribution in [-0.4, -0.2) is 36.8 Å². The first-order valence-electron chi connectivity index (χ1n) is 11.3. The number of rotatable bonds is 5. The number of carbonyl (C=O) groups excluding carboxylic acids is 1. The van der Waals surface area contributed by atoms with Gasteiger partial charge in [0.05, 0.1) is 6.54 Å². The standard InChI is InChI=1S/C24H30N6O/c1-4-30-21-11-12-28(24(31)26-20-8-6-5-7-16(20)2)15-19(21)22(27-30)23-25-13-17(3)29(23)14-18-9-10-18/h5-8,13,18H,4,9-12,14-15H2,1-3H3,(H,26,31). The number of imidazole rings is 1. The van der Waals surface area contributed by atoms with Crippen LogP contribution in [0.3, 0.4) is 0 Å². The number of hydrogen-bond donors (Lipinski definition) is 1. The molecule has 3 aromatic rings. The van der Waals surface area contributed by atoms with E-state index in [-0.39, 0.29) is 6.03 Å². The van der Waals surface area contributed by atoms with E-state index in [4.69, 9.17) is 10.1 Å². The number of nitrogens with zero attached hydrogens (tertiary/aromatic N) is 5. The molecule has 1 aromatic carbocycles. The Kier molecular flexibility index (Phi) is 5.04. The molecule has 1 aliphatic heterocycles. The molecule has 31 heavy (non-hydrogen) atoms. The summed E-state index contributed by atoms with van der Waals surface area (Å²) in [6.45, 7) is 9.31. The van der Waals surface area contributed by atoms with E-state index in [1.165, 1.54) is 24.2 Å². The van der Waals surface area contributed by atoms with E-state index >= 15 is 0 Å². The van der Waals surface area contributed by atoms with Crippen LogP contribution in [0.1, 0.15) is 42.3 Å². The van der Waals surface area contributed by atoms with E-state index in [0.717, 1.165) is 53.8 Å². The third-order valence-electron chi connectivity index (χ3n) is 6.51. The monoisotopic (exact) mass is 418 g/mol. The van der Waals surface area contributed by atoms with Crippen LogP contribution in [0.15, 0.2) is 30.5 Å². The van der Waals surface area contributed by atoms with Crippen molar-refractivity contribution in [3.05, 3.63) is 53.0 Å². The summed E-state index contributed by atoms with van der Waals surface area (Å²) in [5, 5.41) is 8.03. The summed E-state index contributed by atoms with van der Waals surface area (Å²) >= 11 is 0. The molecule has 0 saturated heterocycles. The molecular formula is C24H30N6O. The molecule has 5 rings (SSSR count). The normalized spacial score (nSPS) is 15.8. The lowest BCUT2D eigenvalue weighted by Crippen LogP contribution is -2.39. The van der Waals surface area contributed by atoms with E-state index in [0.29, 0.717) is 13.1 Å². The molecule has 7 nitrogen and oxygen atoms in total. The van der Waals surface area contributed by atoms with E-state index in [1.807, 2.05) is 42.3 Å². The van der Waals surface area contributed by atoms with Gasteiger partial charge in [0.25, 0.3) is 0 Å². The van der Waals surface area contributed by atoms with Gasteiger partial charge < -0.3 is 14.8 Å². The Bertz CT molecular complexity index is 1120. The van der Waals surface area contributed by atoms with Gasteiger partial charge in [0.1, 0.15) is 5.69 Å². The topological polar surface area (TPSA) is 68.0 Å². The Balaban J connectivity index is 1.45. The number of urea groups is 1. The van der Waals surface area contributed by atoms with Gasteiger partial charge in [-0.05, 0) is 51.2 Å². The number of aromatic nitrogens is 4. The zero-order chi connectivity index (χ0) is 21.5. The Hall–Kier alpha value is -3.09. The number of hydrogen-bond acceptors (Lipinski definition) is 3. The number of amides is 2. The average Bonchev–Trinajstić information content (AvgIpc) is 3.43. The SMILES string of the molecule is CCn1nc(-c2ncc(C)n2CC2CC2)c2c1CCN(C(=O)Nc1ccccc1C)C2. The number of fused-ring (bicyclic) bond motifs is 1. The molecule has 162 valence electrons. The van der Waals surface area contributed by atoms with Gasteiger partial charge in [-0.25, -0.2) is 9.78 Å². The lowest BCUT2D eigenvalue weighted by molar-refractivity contribution is 0.205. The van der Waals surface area contributed by atoms with E-state index in [9.17, 15) is 4.79 Å². The minimum atomic E-state index is -0.0624. The van der Waals surface area contributed by atoms with Crippen molar-refractivity contribution in [3.63, 3.8) is 0 Å². The van der Waals surface area contributed by atoms with Gasteiger partial charge in [-0.1, -0.05) is 18.2 Å². The van der Waals surface area contributed by atoms with Crippen LogP contribution in [0.5, 0.6) is 0 Å². The number of carbonyl (C=O) groups is 1. The van der Waals surface area contributed by atoms with Crippen LogP contribution < -0.4 is 5.32 Å². The highest BCUT2D eigenvalue weighted by Gasteiger charge is 2.31. The maximum absolute atomic E-state index is 13.0. The first-order valence-corrected chi connectivity index (χ1v) is 11.3. The number of anilines is 1. The second kappa shape index (κ2) is 7.87. The zero-order valence-corrected chi connectivity index (χ0v) is 18.6. The minimum absolute atomic E-state index is 0.0624. The van der Waals surface area contributed by atoms with Crippen LogP contribution >= 0.6 is 0 Å². The fourth-order valence-corrected chi connectivity index (χ4v) is 4.45. The van der Waals surface area contributed by atoms with Gasteiger partial charge in [0, 0.05) is 54.9 Å². The van der Waals surface area contributed by atoms with Crippen molar-refractivity contribution in [3.8, 4) is 11.5 Å². The second-order valence-corrected chi connectivity index (χ2v) is 8.78. The molecule has 2 amide bonds. The maximum atomic E-state index is 13.0. The number of para-hydroxylation sites is 1. The highest BCUT2D eigenvalue weighted by molar-refractivity contribution is 5.90. The summed E-state index contributed by atoms with van der Waals surface area (Å²) in [7, 11) is 0. The van der Waals surface area contributed by atoms with E-state index in [2.05, 4.69) is 28.4 Å². The molecule has 2 aromatic heterocycles. The van der Waals surface area contributed by atoms with Gasteiger partial charge in [0.15, 0.2) is 5.82 Å². The quantitative estimate of drug-likeness (QED) is 0.668. The Labute approximate surface area is 183 Å². The summed E-state index contributed by atoms with van der Waals surface area (Å²) in [5.41, 5.74) is 6.39. The number of aryl methyl sites for hydroxylation is 3. The first kappa shape index (κ1) is 19.8. The largest absolute Gasteiger partial charge is 0.327 e. The number of nitrogens with one attached hydrogen (secondary N) is 1. The molecule has 7 heteroatoms. The Morgan fingerprint density at radius 3 is 2.77 bits per heavy atom. The molecule has 0 spiro atoms. The first-order chi connectivity index (χ1) is 15.0. The summed E-state index contributed by atoms with van der Waals surface area (Å²) < 4.78 is 4.40. The molecule has 2 aliphatic rings. The van der Waals surface area contributed by atoms with Crippen molar-refractivity contribution in [1.82, 2.24) is 24.2 Å². The van der Waals surface area contributed by atoms with Gasteiger partial charge in [-0.2, -0.15) is 5.10 Å². The van der Waals surface area contributed by atoms with E-state index < -0.39 is 0 Å². The average molecular weight is 419 g/mol. The predicted molar refractivity (Wildman–Crippen MR) is 121 cm³/mol. The van der Waals surface area contributed by atoms with Crippen molar-refractivity contribution >= 4 is 11.7 Å². The minimum Gasteiger partial charge on any atom is -0.327 e. The molecule has 1 aliphatic carbocycles. The summed E-state index contributed by atoms with van der Waals surface area (Å²) in [6.07, 6.45) is 5.34. The van der Waals surface area contributed by atoms with Crippen LogP contribution in [-0.2, 0) is 26.1 Å². The molecule has 3 heterocycles. The molecule has 0 radical (unpaired) electrons. The third kappa shape index (κ3) is 3.73. The Morgan fingerprint density at radius 2 is 2.03 bits per heavy atom. The van der Waals surface area contributed by atoms with Crippen molar-refractivity contribution in [2.45, 2.75) is 59.7 Å². The van der Waals surface area contributed by atoms with Crippen LogP contribution in [0.4, 0.5) is 10.5 Å². The fourth-order valence-electron chi connectivity index (χ4n) is 4.45. The molecule has 0 atom stereocenters. The van der Waals surface area contributed by atoms with Crippen molar-refractivity contribution in [1.29, 1.82) is 0 Å². The van der Waals surface area contributed by atoms with Gasteiger partial charge in [-0.15, -0.1) is 0 Å². The van der Waals surface area contributed by atoms with Crippen LogP contribution in [0.2, 0.25) is 0 Å². The second-order valence-electron chi connectivity index (χ2n) is 8.78. The molecule has 0 unspecified atom stereocenters. The molecule has 1 saturated carbocycles. The van der Waals surface area contributed by atoms with Crippen LogP contribution in [0, 0.1) is 19.8 Å². The van der Waals surface area contributed by atoms with Crippen molar-refractivity contribution in [2.24, 2.45) is 5.92 Å². The highest BCUT2D eigenvalue weighted by Crippen LogP contribution is 2.35. The summed E-state index contributed by atoms with van der Waals surface area (Å²) in [4.78, 5) is 19.7. The highest BCUT2D eigenvalue weighted by atomic mass is 16.2. The molecular weight excluding hydrogens is 388 g/mol. The van der Waals surface area contributed by atoms with E-state index in [1.54, 1.807) is 0 Å². The van der Waals surface area contributed by atoms with Crippen molar-refractivity contribution in [2.75, 3.05) is 11.9 Å². The third-order valence-corrected chi connectivity index (χ3v) is 6.51. The lowest BCUT2D eigenvalue weighted by Gasteiger charge is -2.28. The molecule has 0 bridgehead atoms. The molecule has 1 N–H and O–H groups in total. The zero-order valence-electron chi connectivity index (χ0n) is 18.6. The fraction of sp³-hybridized carbons (Fsp3) is 0.458. The molecule has 1 fully saturated rings. The van der Waals surface area contributed by atoms with Gasteiger partial charge >= 0.3 is 6.03 Å². The smallest absolute Gasteiger partial charge is 0.322 e. The van der Waals surface area contributed by atoms with Gasteiger partial charge in [-0.3, -0.25) is 4.68 Å². The number of benzene rings is 1. The van der Waals surface area contributed by atoms with Crippen LogP contribution in [0.25, 0.3) is 11.5 Å².